The molecular weight excluding hydrogens is 434 g/mol. The molecule has 0 unspecified atom stereocenters. The lowest BCUT2D eigenvalue weighted by atomic mass is 10.1. The maximum atomic E-state index is 12.6. The number of aromatic nitrogens is 5. The molecule has 2 aromatic carbocycles. The molecule has 34 heavy (non-hydrogen) atoms. The highest BCUT2D eigenvalue weighted by Gasteiger charge is 2.14. The predicted molar refractivity (Wildman–Crippen MR) is 127 cm³/mol. The first kappa shape index (κ1) is 22.6. The van der Waals surface area contributed by atoms with Crippen molar-refractivity contribution in [1.29, 1.82) is 0 Å². The maximum absolute atomic E-state index is 12.6. The molecule has 2 heterocycles. The summed E-state index contributed by atoms with van der Waals surface area (Å²) < 4.78 is 6.52. The first-order chi connectivity index (χ1) is 16.5. The Balaban J connectivity index is 1.46. The number of ether oxygens (including phenoxy) is 1. The maximum Gasteiger partial charge on any atom is 0.359 e. The number of anilines is 3. The Bertz CT molecular complexity index is 1360. The van der Waals surface area contributed by atoms with E-state index in [0.717, 1.165) is 23.2 Å². The van der Waals surface area contributed by atoms with Gasteiger partial charge in [-0.25, -0.2) is 9.48 Å². The molecule has 10 heteroatoms. The summed E-state index contributed by atoms with van der Waals surface area (Å²) in [6.07, 6.45) is 0.827. The molecule has 3 N–H and O–H groups in total. The molecule has 172 valence electrons. The van der Waals surface area contributed by atoms with Crippen LogP contribution in [0.25, 0.3) is 0 Å². The SMILES string of the molecule is CCc1ccccc1Nc1nc(N)nc(COC(=O)c2ccc(=O)n(Cc3ccccc3)n2)n1. The van der Waals surface area contributed by atoms with Crippen LogP contribution in [0.3, 0.4) is 0 Å². The van der Waals surface area contributed by atoms with E-state index in [2.05, 4.69) is 25.4 Å². The van der Waals surface area contributed by atoms with Crippen LogP contribution < -0.4 is 16.6 Å². The quantitative estimate of drug-likeness (QED) is 0.382. The molecule has 4 rings (SSSR count). The molecule has 0 atom stereocenters. The molecule has 2 aromatic heterocycles. The summed E-state index contributed by atoms with van der Waals surface area (Å²) in [6, 6.07) is 19.7. The second-order valence-electron chi connectivity index (χ2n) is 7.35. The van der Waals surface area contributed by atoms with Crippen molar-refractivity contribution in [1.82, 2.24) is 24.7 Å². The van der Waals surface area contributed by atoms with Crippen molar-refractivity contribution in [2.45, 2.75) is 26.5 Å². The Labute approximate surface area is 195 Å². The molecule has 0 aliphatic rings. The number of aryl methyl sites for hydroxylation is 1. The van der Waals surface area contributed by atoms with Crippen LogP contribution in [0.5, 0.6) is 0 Å². The number of carbonyl (C=O) groups is 1. The number of esters is 1. The summed E-state index contributed by atoms with van der Waals surface area (Å²) in [5.74, 6) is -0.303. The van der Waals surface area contributed by atoms with Crippen LogP contribution in [0.1, 0.15) is 34.4 Å². The molecular formula is C24H23N7O3. The number of nitrogens with zero attached hydrogens (tertiary/aromatic N) is 5. The van der Waals surface area contributed by atoms with Crippen LogP contribution in [-0.2, 0) is 24.3 Å². The van der Waals surface area contributed by atoms with Crippen molar-refractivity contribution in [3.05, 3.63) is 99.7 Å². The van der Waals surface area contributed by atoms with E-state index in [1.165, 1.54) is 16.8 Å². The summed E-state index contributed by atoms with van der Waals surface area (Å²) in [4.78, 5) is 37.1. The number of nitrogens with two attached hydrogens (primary N) is 1. The second-order valence-corrected chi connectivity index (χ2v) is 7.35. The number of nitrogens with one attached hydrogen (secondary N) is 1. The van der Waals surface area contributed by atoms with E-state index < -0.39 is 5.97 Å². The molecule has 10 nitrogen and oxygen atoms in total. The molecule has 4 aromatic rings. The summed E-state index contributed by atoms with van der Waals surface area (Å²) in [5, 5.41) is 7.26. The predicted octanol–water partition coefficient (Wildman–Crippen LogP) is 2.72. The first-order valence-electron chi connectivity index (χ1n) is 10.7. The van der Waals surface area contributed by atoms with Crippen molar-refractivity contribution in [3.63, 3.8) is 0 Å². The Morgan fingerprint density at radius 3 is 2.56 bits per heavy atom. The van der Waals surface area contributed by atoms with Gasteiger partial charge >= 0.3 is 5.97 Å². The van der Waals surface area contributed by atoms with Gasteiger partial charge < -0.3 is 15.8 Å². The molecule has 0 radical (unpaired) electrons. The van der Waals surface area contributed by atoms with Gasteiger partial charge in [-0.1, -0.05) is 55.5 Å². The summed E-state index contributed by atoms with van der Waals surface area (Å²) >= 11 is 0. The van der Waals surface area contributed by atoms with Gasteiger partial charge in [0.2, 0.25) is 11.9 Å². The third kappa shape index (κ3) is 5.60. The zero-order valence-corrected chi connectivity index (χ0v) is 18.5. The molecule has 0 amide bonds. The van der Waals surface area contributed by atoms with E-state index in [0.29, 0.717) is 0 Å². The van der Waals surface area contributed by atoms with Gasteiger partial charge in [-0.15, -0.1) is 0 Å². The van der Waals surface area contributed by atoms with E-state index in [4.69, 9.17) is 10.5 Å². The monoisotopic (exact) mass is 457 g/mol. The van der Waals surface area contributed by atoms with Crippen molar-refractivity contribution in [2.75, 3.05) is 11.1 Å². The van der Waals surface area contributed by atoms with Gasteiger partial charge in [0, 0.05) is 11.8 Å². The van der Waals surface area contributed by atoms with Crippen LogP contribution in [0.15, 0.2) is 71.5 Å². The lowest BCUT2D eigenvalue weighted by Gasteiger charge is -2.11. The highest BCUT2D eigenvalue weighted by molar-refractivity contribution is 5.86. The minimum Gasteiger partial charge on any atom is -0.453 e. The number of rotatable bonds is 8. The zero-order valence-electron chi connectivity index (χ0n) is 18.5. The van der Waals surface area contributed by atoms with Gasteiger partial charge in [-0.05, 0) is 29.7 Å². The molecule has 0 bridgehead atoms. The first-order valence-corrected chi connectivity index (χ1v) is 10.7. The van der Waals surface area contributed by atoms with Crippen molar-refractivity contribution >= 4 is 23.6 Å². The fraction of sp³-hybridized carbons (Fsp3) is 0.167. The van der Waals surface area contributed by atoms with E-state index in [-0.39, 0.29) is 42.1 Å². The Morgan fingerprint density at radius 1 is 1.00 bits per heavy atom. The van der Waals surface area contributed by atoms with Crippen molar-refractivity contribution in [2.24, 2.45) is 0 Å². The Kier molecular flexibility index (Phi) is 6.87. The third-order valence-electron chi connectivity index (χ3n) is 4.93. The Morgan fingerprint density at radius 2 is 1.76 bits per heavy atom. The fourth-order valence-corrected chi connectivity index (χ4v) is 3.26. The topological polar surface area (TPSA) is 138 Å². The summed E-state index contributed by atoms with van der Waals surface area (Å²) in [6.45, 7) is 2.04. The second kappa shape index (κ2) is 10.3. The summed E-state index contributed by atoms with van der Waals surface area (Å²) in [7, 11) is 0. The number of hydrogen-bond donors (Lipinski definition) is 2. The van der Waals surface area contributed by atoms with Crippen LogP contribution in [0.4, 0.5) is 17.6 Å². The lowest BCUT2D eigenvalue weighted by Crippen LogP contribution is -2.25. The van der Waals surface area contributed by atoms with Crippen molar-refractivity contribution in [3.8, 4) is 0 Å². The molecule has 0 saturated heterocycles. The zero-order chi connectivity index (χ0) is 23.9. The minimum absolute atomic E-state index is 0.00668. The number of para-hydroxylation sites is 1. The summed E-state index contributed by atoms with van der Waals surface area (Å²) in [5.41, 5.74) is 8.31. The molecule has 0 saturated carbocycles. The minimum atomic E-state index is -0.716. The van der Waals surface area contributed by atoms with E-state index in [1.54, 1.807) is 0 Å². The van der Waals surface area contributed by atoms with E-state index in [1.807, 2.05) is 61.5 Å². The van der Waals surface area contributed by atoms with Gasteiger partial charge in [0.05, 0.1) is 6.54 Å². The number of nitrogen functional groups attached to an aromatic ring is 1. The Hall–Kier alpha value is -4.60. The number of carbonyl (C=O) groups excluding carboxylic acids is 1. The number of hydrogen-bond acceptors (Lipinski definition) is 9. The molecule has 0 fully saturated rings. The van der Waals surface area contributed by atoms with Crippen molar-refractivity contribution < 1.29 is 9.53 Å². The van der Waals surface area contributed by atoms with Gasteiger partial charge in [0.25, 0.3) is 5.56 Å². The van der Waals surface area contributed by atoms with Crippen LogP contribution >= 0.6 is 0 Å². The smallest absolute Gasteiger partial charge is 0.359 e. The average molecular weight is 457 g/mol. The normalized spacial score (nSPS) is 10.6. The van der Waals surface area contributed by atoms with Gasteiger partial charge in [0.15, 0.2) is 18.1 Å². The van der Waals surface area contributed by atoms with Gasteiger partial charge in [-0.3, -0.25) is 4.79 Å². The van der Waals surface area contributed by atoms with Gasteiger partial charge in [-0.2, -0.15) is 20.1 Å². The highest BCUT2D eigenvalue weighted by Crippen LogP contribution is 2.19. The molecule has 0 aliphatic heterocycles. The lowest BCUT2D eigenvalue weighted by molar-refractivity contribution is 0.0452. The average Bonchev–Trinajstić information content (AvgIpc) is 2.84. The molecule has 0 spiro atoms. The van der Waals surface area contributed by atoms with Crippen LogP contribution in [0, 0.1) is 0 Å². The standard InChI is InChI=1S/C24H23N7O3/c1-2-17-10-6-7-11-18(17)26-24-28-20(27-23(25)29-24)15-34-22(33)19-12-13-21(32)31(30-19)14-16-8-4-3-5-9-16/h3-13H,2,14-15H2,1H3,(H3,25,26,27,28,29). The van der Waals surface area contributed by atoms with E-state index >= 15 is 0 Å². The highest BCUT2D eigenvalue weighted by atomic mass is 16.5. The van der Waals surface area contributed by atoms with Crippen LogP contribution in [-0.4, -0.2) is 30.7 Å². The van der Waals surface area contributed by atoms with Gasteiger partial charge in [0.1, 0.15) is 0 Å². The fourth-order valence-electron chi connectivity index (χ4n) is 3.26. The number of benzene rings is 2. The molecule has 0 aliphatic carbocycles. The third-order valence-corrected chi connectivity index (χ3v) is 4.93. The largest absolute Gasteiger partial charge is 0.453 e. The van der Waals surface area contributed by atoms with Crippen LogP contribution in [0.2, 0.25) is 0 Å². The van der Waals surface area contributed by atoms with E-state index in [9.17, 15) is 9.59 Å².